The topological polar surface area (TPSA) is 59.8 Å². The van der Waals surface area contributed by atoms with Gasteiger partial charge in [0, 0.05) is 5.69 Å². The molecule has 1 heterocycles. The van der Waals surface area contributed by atoms with Crippen LogP contribution in [0.4, 0.5) is 5.69 Å². The number of hydrogen-bond donors (Lipinski definition) is 1. The van der Waals surface area contributed by atoms with Crippen molar-refractivity contribution in [1.82, 2.24) is 15.0 Å². The predicted molar refractivity (Wildman–Crippen MR) is 103 cm³/mol. The Morgan fingerprint density at radius 1 is 0.885 bits per heavy atom. The molecule has 0 saturated heterocycles. The minimum absolute atomic E-state index is 0.225. The number of amides is 1. The first-order valence-electron chi connectivity index (χ1n) is 7.80. The Hall–Kier alpha value is -2.89. The third-order valence-corrected chi connectivity index (χ3v) is 4.64. The van der Waals surface area contributed by atoms with Gasteiger partial charge in [0.15, 0.2) is 0 Å². The number of benzene rings is 3. The number of nitrogens with zero attached hydrogens (tertiary/aromatic N) is 3. The molecular weight excluding hydrogens is 371 g/mol. The Balaban J connectivity index is 1.63. The van der Waals surface area contributed by atoms with E-state index in [1.54, 1.807) is 41.2 Å². The van der Waals surface area contributed by atoms with Crippen molar-refractivity contribution in [3.63, 3.8) is 0 Å². The number of nitrogens with one attached hydrogen (secondary N) is 1. The van der Waals surface area contributed by atoms with Crippen LogP contribution in [0.25, 0.3) is 16.7 Å². The molecule has 0 unspecified atom stereocenters. The van der Waals surface area contributed by atoms with Gasteiger partial charge in [-0.05, 0) is 42.5 Å². The number of anilines is 1. The number of carbonyl (C=O) groups excluding carboxylic acids is 1. The van der Waals surface area contributed by atoms with Crippen LogP contribution in [0.5, 0.6) is 0 Å². The van der Waals surface area contributed by atoms with Crippen LogP contribution < -0.4 is 5.32 Å². The molecule has 0 fully saturated rings. The lowest BCUT2D eigenvalue weighted by molar-refractivity contribution is 0.102. The molecule has 0 aliphatic rings. The monoisotopic (exact) mass is 382 g/mol. The average Bonchev–Trinajstić information content (AvgIpc) is 3.08. The summed E-state index contributed by atoms with van der Waals surface area (Å²) in [5.74, 6) is -0.340. The number of aromatic nitrogens is 3. The van der Waals surface area contributed by atoms with Gasteiger partial charge >= 0.3 is 0 Å². The summed E-state index contributed by atoms with van der Waals surface area (Å²) in [5, 5.41) is 12.3. The summed E-state index contributed by atoms with van der Waals surface area (Å²) < 4.78 is 0. The number of hydrogen-bond acceptors (Lipinski definition) is 3. The standard InChI is InChI=1S/C19H12Cl2N4O/c20-15-8-4-7-14(18(15)21)19(26)22-12-9-10-16-17(11-12)24-25(23-16)13-5-2-1-3-6-13/h1-11H,(H,22,26). The zero-order valence-corrected chi connectivity index (χ0v) is 14.9. The van der Waals surface area contributed by atoms with E-state index < -0.39 is 0 Å². The Morgan fingerprint density at radius 2 is 1.65 bits per heavy atom. The van der Waals surface area contributed by atoms with Crippen molar-refractivity contribution in [2.75, 3.05) is 5.32 Å². The van der Waals surface area contributed by atoms with Gasteiger partial charge in [-0.3, -0.25) is 4.79 Å². The molecule has 0 spiro atoms. The van der Waals surface area contributed by atoms with Crippen LogP contribution in [-0.2, 0) is 0 Å². The summed E-state index contributed by atoms with van der Waals surface area (Å²) >= 11 is 12.1. The third-order valence-electron chi connectivity index (χ3n) is 3.82. The number of para-hydroxylation sites is 1. The fourth-order valence-electron chi connectivity index (χ4n) is 2.55. The molecule has 3 aromatic carbocycles. The molecule has 1 N–H and O–H groups in total. The SMILES string of the molecule is O=C(Nc1ccc2nn(-c3ccccc3)nc2c1)c1cccc(Cl)c1Cl. The Bertz CT molecular complexity index is 1110. The van der Waals surface area contributed by atoms with Crippen molar-refractivity contribution in [1.29, 1.82) is 0 Å². The molecule has 4 rings (SSSR count). The second-order valence-electron chi connectivity index (χ2n) is 5.58. The highest BCUT2D eigenvalue weighted by molar-refractivity contribution is 6.44. The lowest BCUT2D eigenvalue weighted by Crippen LogP contribution is -2.12. The molecule has 0 bridgehead atoms. The molecule has 26 heavy (non-hydrogen) atoms. The quantitative estimate of drug-likeness (QED) is 0.543. The lowest BCUT2D eigenvalue weighted by atomic mass is 10.2. The second kappa shape index (κ2) is 6.78. The average molecular weight is 383 g/mol. The first kappa shape index (κ1) is 16.6. The number of carbonyl (C=O) groups is 1. The Labute approximate surface area is 159 Å². The molecule has 5 nitrogen and oxygen atoms in total. The number of fused-ring (bicyclic) bond motifs is 1. The van der Waals surface area contributed by atoms with Gasteiger partial charge < -0.3 is 5.32 Å². The molecular formula is C19H12Cl2N4O. The van der Waals surface area contributed by atoms with Crippen LogP contribution in [0.15, 0.2) is 66.7 Å². The van der Waals surface area contributed by atoms with E-state index in [4.69, 9.17) is 23.2 Å². The van der Waals surface area contributed by atoms with Crippen molar-refractivity contribution >= 4 is 45.8 Å². The maximum absolute atomic E-state index is 12.5. The minimum atomic E-state index is -0.340. The van der Waals surface area contributed by atoms with Gasteiger partial charge in [0.25, 0.3) is 5.91 Å². The van der Waals surface area contributed by atoms with E-state index in [0.29, 0.717) is 21.8 Å². The van der Waals surface area contributed by atoms with Crippen LogP contribution in [0, 0.1) is 0 Å². The zero-order valence-electron chi connectivity index (χ0n) is 13.4. The van der Waals surface area contributed by atoms with Crippen molar-refractivity contribution in [2.45, 2.75) is 0 Å². The second-order valence-corrected chi connectivity index (χ2v) is 6.37. The van der Waals surface area contributed by atoms with Crippen LogP contribution in [0.3, 0.4) is 0 Å². The first-order valence-corrected chi connectivity index (χ1v) is 8.55. The molecule has 0 aliphatic carbocycles. The molecule has 0 atom stereocenters. The maximum Gasteiger partial charge on any atom is 0.257 e. The maximum atomic E-state index is 12.5. The fourth-order valence-corrected chi connectivity index (χ4v) is 2.93. The summed E-state index contributed by atoms with van der Waals surface area (Å²) in [4.78, 5) is 14.0. The summed E-state index contributed by atoms with van der Waals surface area (Å²) in [5.41, 5.74) is 3.17. The highest BCUT2D eigenvalue weighted by atomic mass is 35.5. The molecule has 7 heteroatoms. The largest absolute Gasteiger partial charge is 0.322 e. The first-order chi connectivity index (χ1) is 12.6. The van der Waals surface area contributed by atoms with Crippen molar-refractivity contribution < 1.29 is 4.79 Å². The third kappa shape index (κ3) is 3.14. The van der Waals surface area contributed by atoms with Gasteiger partial charge in [0.2, 0.25) is 0 Å². The predicted octanol–water partition coefficient (Wildman–Crippen LogP) is 4.98. The Kier molecular flexibility index (Phi) is 4.32. The van der Waals surface area contributed by atoms with Gasteiger partial charge in [-0.2, -0.15) is 4.80 Å². The van der Waals surface area contributed by atoms with Gasteiger partial charge in [-0.25, -0.2) is 0 Å². The molecule has 128 valence electrons. The molecule has 0 radical (unpaired) electrons. The summed E-state index contributed by atoms with van der Waals surface area (Å²) in [6.45, 7) is 0. The van der Waals surface area contributed by atoms with Crippen LogP contribution in [0.2, 0.25) is 10.0 Å². The van der Waals surface area contributed by atoms with Crippen molar-refractivity contribution in [3.8, 4) is 5.69 Å². The fraction of sp³-hybridized carbons (Fsp3) is 0. The molecule has 0 aliphatic heterocycles. The summed E-state index contributed by atoms with van der Waals surface area (Å²) in [6, 6.07) is 19.9. The minimum Gasteiger partial charge on any atom is -0.322 e. The van der Waals surface area contributed by atoms with E-state index in [1.165, 1.54) is 0 Å². The highest BCUT2D eigenvalue weighted by Gasteiger charge is 2.13. The van der Waals surface area contributed by atoms with Crippen molar-refractivity contribution in [2.24, 2.45) is 0 Å². The summed E-state index contributed by atoms with van der Waals surface area (Å²) in [7, 11) is 0. The smallest absolute Gasteiger partial charge is 0.257 e. The highest BCUT2D eigenvalue weighted by Crippen LogP contribution is 2.26. The number of rotatable bonds is 3. The Morgan fingerprint density at radius 3 is 2.46 bits per heavy atom. The summed E-state index contributed by atoms with van der Waals surface area (Å²) in [6.07, 6.45) is 0. The molecule has 4 aromatic rings. The lowest BCUT2D eigenvalue weighted by Gasteiger charge is -2.07. The van der Waals surface area contributed by atoms with Gasteiger partial charge in [-0.1, -0.05) is 47.5 Å². The van der Waals surface area contributed by atoms with E-state index in [9.17, 15) is 4.79 Å². The van der Waals surface area contributed by atoms with Crippen LogP contribution in [0.1, 0.15) is 10.4 Å². The van der Waals surface area contributed by atoms with E-state index in [-0.39, 0.29) is 10.9 Å². The zero-order chi connectivity index (χ0) is 18.1. The number of halogens is 2. The van der Waals surface area contributed by atoms with E-state index in [0.717, 1.165) is 11.2 Å². The van der Waals surface area contributed by atoms with Crippen molar-refractivity contribution in [3.05, 3.63) is 82.3 Å². The van der Waals surface area contributed by atoms with Crippen LogP contribution in [-0.4, -0.2) is 20.9 Å². The molecule has 1 amide bonds. The van der Waals surface area contributed by atoms with E-state index in [1.807, 2.05) is 30.3 Å². The van der Waals surface area contributed by atoms with Gasteiger partial charge in [-0.15, -0.1) is 10.2 Å². The van der Waals surface area contributed by atoms with Crippen LogP contribution >= 0.6 is 23.2 Å². The molecule has 0 saturated carbocycles. The normalized spacial score (nSPS) is 10.8. The van der Waals surface area contributed by atoms with E-state index in [2.05, 4.69) is 15.5 Å². The van der Waals surface area contributed by atoms with E-state index >= 15 is 0 Å². The van der Waals surface area contributed by atoms with Gasteiger partial charge in [0.05, 0.1) is 21.3 Å². The van der Waals surface area contributed by atoms with Gasteiger partial charge in [0.1, 0.15) is 11.0 Å². The molecule has 1 aromatic heterocycles.